The second-order valence-corrected chi connectivity index (χ2v) is 8.68. The second kappa shape index (κ2) is 8.48. The van der Waals surface area contributed by atoms with Gasteiger partial charge in [0.05, 0.1) is 30.9 Å². The van der Waals surface area contributed by atoms with Crippen LogP contribution in [0.15, 0.2) is 72.8 Å². The summed E-state index contributed by atoms with van der Waals surface area (Å²) in [5, 5.41) is 9.67. The first-order valence-electron chi connectivity index (χ1n) is 10.5. The van der Waals surface area contributed by atoms with Crippen molar-refractivity contribution in [1.29, 1.82) is 5.26 Å². The average molecular weight is 500 g/mol. The van der Waals surface area contributed by atoms with E-state index in [4.69, 9.17) is 16.3 Å². The van der Waals surface area contributed by atoms with E-state index in [0.717, 1.165) is 0 Å². The summed E-state index contributed by atoms with van der Waals surface area (Å²) < 4.78 is 48.5. The van der Waals surface area contributed by atoms with Crippen molar-refractivity contribution in [2.75, 3.05) is 23.0 Å². The van der Waals surface area contributed by atoms with Gasteiger partial charge in [0.15, 0.2) is 0 Å². The maximum atomic E-state index is 13.9. The third-order valence-corrected chi connectivity index (χ3v) is 6.33. The van der Waals surface area contributed by atoms with Gasteiger partial charge >= 0.3 is 12.4 Å². The van der Waals surface area contributed by atoms with Crippen LogP contribution in [-0.4, -0.2) is 31.1 Å². The topological polar surface area (TPSA) is 65.8 Å². The van der Waals surface area contributed by atoms with Crippen molar-refractivity contribution >= 4 is 29.0 Å². The lowest BCUT2D eigenvalue weighted by Crippen LogP contribution is -2.62. The van der Waals surface area contributed by atoms with Crippen LogP contribution in [0.2, 0.25) is 5.02 Å². The van der Waals surface area contributed by atoms with Crippen LogP contribution < -0.4 is 14.5 Å². The van der Waals surface area contributed by atoms with Crippen LogP contribution in [0.5, 0.6) is 5.75 Å². The van der Waals surface area contributed by atoms with Crippen LogP contribution >= 0.6 is 11.6 Å². The minimum absolute atomic E-state index is 0.170. The van der Waals surface area contributed by atoms with Crippen molar-refractivity contribution in [2.24, 2.45) is 0 Å². The van der Waals surface area contributed by atoms with Gasteiger partial charge in [-0.3, -0.25) is 9.80 Å². The Hall–Kier alpha value is -3.74. The van der Waals surface area contributed by atoms with E-state index in [2.05, 4.69) is 4.74 Å². The van der Waals surface area contributed by atoms with E-state index in [1.165, 1.54) is 23.1 Å². The van der Waals surface area contributed by atoms with Crippen molar-refractivity contribution in [2.45, 2.75) is 17.9 Å². The number of hydrogen-bond donors (Lipinski definition) is 0. The number of rotatable bonds is 4. The van der Waals surface area contributed by atoms with Crippen LogP contribution in [0.1, 0.15) is 17.2 Å². The summed E-state index contributed by atoms with van der Waals surface area (Å²) in [5.74, 6) is -0.387. The standard InChI is InChI=1S/C25H17ClF3N3O3/c26-18-6-10-20(11-7-18)32-23(33)31(19-8-4-16(13-30)5-9-19)22(24(32)14-34-15-24)17-2-1-3-21(12-17)35-25(27,28)29/h1-12,22H,14-15H2/t22-/m0/s1. The van der Waals surface area contributed by atoms with E-state index >= 15 is 0 Å². The number of anilines is 2. The summed E-state index contributed by atoms with van der Waals surface area (Å²) in [5.41, 5.74) is 1.03. The van der Waals surface area contributed by atoms with Crippen LogP contribution in [0.3, 0.4) is 0 Å². The molecule has 3 aromatic rings. The molecule has 0 bridgehead atoms. The van der Waals surface area contributed by atoms with Crippen LogP contribution in [0.4, 0.5) is 29.3 Å². The zero-order valence-electron chi connectivity index (χ0n) is 18.0. The average Bonchev–Trinajstić information content (AvgIpc) is 3.08. The zero-order valence-corrected chi connectivity index (χ0v) is 18.8. The van der Waals surface area contributed by atoms with E-state index in [1.54, 1.807) is 59.5 Å². The molecule has 2 aliphatic rings. The second-order valence-electron chi connectivity index (χ2n) is 8.24. The van der Waals surface area contributed by atoms with Crippen molar-refractivity contribution in [1.82, 2.24) is 0 Å². The highest BCUT2D eigenvalue weighted by molar-refractivity contribution is 6.30. The molecule has 10 heteroatoms. The fourth-order valence-corrected chi connectivity index (χ4v) is 4.75. The quantitative estimate of drug-likeness (QED) is 0.437. The highest BCUT2D eigenvalue weighted by atomic mass is 35.5. The van der Waals surface area contributed by atoms with Gasteiger partial charge in [-0.2, -0.15) is 5.26 Å². The Kier molecular flexibility index (Phi) is 5.58. The number of nitrogens with zero attached hydrogens (tertiary/aromatic N) is 3. The Morgan fingerprint density at radius 2 is 1.69 bits per heavy atom. The highest BCUT2D eigenvalue weighted by Gasteiger charge is 2.63. The van der Waals surface area contributed by atoms with Gasteiger partial charge in [0.25, 0.3) is 0 Å². The molecule has 178 valence electrons. The van der Waals surface area contributed by atoms with Crippen LogP contribution in [0, 0.1) is 11.3 Å². The molecule has 2 fully saturated rings. The van der Waals surface area contributed by atoms with Gasteiger partial charge in [-0.1, -0.05) is 23.7 Å². The molecule has 1 spiro atoms. The number of halogens is 4. The fourth-order valence-electron chi connectivity index (χ4n) is 4.62. The largest absolute Gasteiger partial charge is 0.573 e. The molecule has 0 radical (unpaired) electrons. The zero-order chi connectivity index (χ0) is 24.8. The number of alkyl halides is 3. The van der Waals surface area contributed by atoms with E-state index < -0.39 is 17.9 Å². The Morgan fingerprint density at radius 1 is 1.03 bits per heavy atom. The first-order chi connectivity index (χ1) is 16.7. The maximum absolute atomic E-state index is 13.9. The number of amides is 2. The van der Waals surface area contributed by atoms with Crippen LogP contribution in [-0.2, 0) is 4.74 Å². The first kappa shape index (κ1) is 23.0. The van der Waals surface area contributed by atoms with Crippen LogP contribution in [0.25, 0.3) is 0 Å². The van der Waals surface area contributed by atoms with E-state index in [1.807, 2.05) is 6.07 Å². The molecule has 3 aromatic carbocycles. The predicted octanol–water partition coefficient (Wildman–Crippen LogP) is 6.07. The molecule has 1 atom stereocenters. The number of benzene rings is 3. The number of carbonyl (C=O) groups excluding carboxylic acids is 1. The molecule has 2 saturated heterocycles. The molecular weight excluding hydrogens is 483 g/mol. The fraction of sp³-hybridized carbons (Fsp3) is 0.200. The predicted molar refractivity (Wildman–Crippen MR) is 122 cm³/mol. The highest BCUT2D eigenvalue weighted by Crippen LogP contribution is 2.51. The summed E-state index contributed by atoms with van der Waals surface area (Å²) in [6.45, 7) is 0.340. The normalized spacial score (nSPS) is 18.9. The molecule has 35 heavy (non-hydrogen) atoms. The van der Waals surface area contributed by atoms with Gasteiger partial charge in [-0.25, -0.2) is 4.79 Å². The molecular formula is C25H17ClF3N3O3. The van der Waals surface area contributed by atoms with Gasteiger partial charge < -0.3 is 9.47 Å². The van der Waals surface area contributed by atoms with Crippen molar-refractivity contribution < 1.29 is 27.4 Å². The summed E-state index contributed by atoms with van der Waals surface area (Å²) in [4.78, 5) is 17.1. The molecule has 2 aliphatic heterocycles. The monoisotopic (exact) mass is 499 g/mol. The molecule has 0 saturated carbocycles. The van der Waals surface area contributed by atoms with Gasteiger partial charge in [-0.15, -0.1) is 13.2 Å². The van der Waals surface area contributed by atoms with Crippen molar-refractivity contribution in [3.63, 3.8) is 0 Å². The molecule has 0 aliphatic carbocycles. The minimum atomic E-state index is -4.86. The number of hydrogen-bond acceptors (Lipinski definition) is 4. The third-order valence-electron chi connectivity index (χ3n) is 6.08. The van der Waals surface area contributed by atoms with Gasteiger partial charge in [0, 0.05) is 16.4 Å². The number of ether oxygens (including phenoxy) is 2. The molecule has 0 N–H and O–H groups in total. The molecule has 6 nitrogen and oxygen atoms in total. The molecule has 5 rings (SSSR count). The van der Waals surface area contributed by atoms with Crippen molar-refractivity contribution in [3.05, 3.63) is 88.9 Å². The number of nitriles is 1. The third kappa shape index (κ3) is 4.05. The Labute approximate surface area is 203 Å². The van der Waals surface area contributed by atoms with E-state index in [0.29, 0.717) is 27.5 Å². The van der Waals surface area contributed by atoms with Gasteiger partial charge in [0.1, 0.15) is 11.3 Å². The lowest BCUT2D eigenvalue weighted by molar-refractivity contribution is -0.274. The molecule has 0 aromatic heterocycles. The number of carbonyl (C=O) groups is 1. The SMILES string of the molecule is N#Cc1ccc(N2C(=O)N(c3ccc(Cl)cc3)C3(COC3)[C@@H]2c2cccc(OC(F)(F)F)c2)cc1. The molecule has 2 amide bonds. The smallest absolute Gasteiger partial charge is 0.406 e. The number of urea groups is 1. The maximum Gasteiger partial charge on any atom is 0.573 e. The summed E-state index contributed by atoms with van der Waals surface area (Å²) >= 11 is 6.05. The molecule has 2 heterocycles. The van der Waals surface area contributed by atoms with E-state index in [-0.39, 0.29) is 25.0 Å². The first-order valence-corrected chi connectivity index (χ1v) is 10.9. The summed E-state index contributed by atoms with van der Waals surface area (Å²) in [7, 11) is 0. The summed E-state index contributed by atoms with van der Waals surface area (Å²) in [6.07, 6.45) is -4.86. The van der Waals surface area contributed by atoms with Crippen molar-refractivity contribution in [3.8, 4) is 11.8 Å². The van der Waals surface area contributed by atoms with Gasteiger partial charge in [-0.05, 0) is 66.2 Å². The summed E-state index contributed by atoms with van der Waals surface area (Å²) in [6, 6.07) is 19.7. The van der Waals surface area contributed by atoms with E-state index in [9.17, 15) is 23.2 Å². The Morgan fingerprint density at radius 3 is 2.26 bits per heavy atom. The Balaban J connectivity index is 1.66. The molecule has 0 unspecified atom stereocenters. The minimum Gasteiger partial charge on any atom is -0.406 e. The lowest BCUT2D eigenvalue weighted by Gasteiger charge is -2.47. The lowest BCUT2D eigenvalue weighted by atomic mass is 9.82. The Bertz CT molecular complexity index is 1300. The van der Waals surface area contributed by atoms with Gasteiger partial charge in [0.2, 0.25) is 0 Å².